The van der Waals surface area contributed by atoms with E-state index in [2.05, 4.69) is 15.5 Å². The van der Waals surface area contributed by atoms with Gasteiger partial charge in [-0.1, -0.05) is 29.3 Å². The summed E-state index contributed by atoms with van der Waals surface area (Å²) in [5.74, 6) is -0.453. The fraction of sp³-hybridized carbons (Fsp3) is 0.556. The molecule has 142 valence electrons. The minimum Gasteiger partial charge on any atom is -0.340 e. The van der Waals surface area contributed by atoms with Gasteiger partial charge in [-0.2, -0.15) is 0 Å². The van der Waals surface area contributed by atoms with Gasteiger partial charge in [0.25, 0.3) is 5.91 Å². The molecule has 2 fully saturated rings. The lowest BCUT2D eigenvalue weighted by molar-refractivity contribution is -0.131. The van der Waals surface area contributed by atoms with E-state index >= 15 is 0 Å². The van der Waals surface area contributed by atoms with Crippen LogP contribution in [0.1, 0.15) is 23.7 Å². The van der Waals surface area contributed by atoms with E-state index in [4.69, 9.17) is 23.2 Å². The number of amides is 2. The van der Waals surface area contributed by atoms with Crippen molar-refractivity contribution in [3.63, 3.8) is 0 Å². The number of halogens is 2. The Hall–Kier alpha value is -1.34. The van der Waals surface area contributed by atoms with Crippen LogP contribution in [0.25, 0.3) is 0 Å². The van der Waals surface area contributed by atoms with Crippen molar-refractivity contribution >= 4 is 35.0 Å². The Kier molecular flexibility index (Phi) is 6.40. The molecule has 1 aromatic carbocycles. The Balaban J connectivity index is 1.56. The number of rotatable bonds is 4. The Bertz CT molecular complexity index is 679. The molecule has 2 aliphatic rings. The molecule has 2 saturated heterocycles. The van der Waals surface area contributed by atoms with Crippen molar-refractivity contribution in [2.75, 3.05) is 39.3 Å². The Morgan fingerprint density at radius 2 is 1.96 bits per heavy atom. The Morgan fingerprint density at radius 1 is 1.23 bits per heavy atom. The molecule has 6 nitrogen and oxygen atoms in total. The molecule has 1 aromatic rings. The standard InChI is InChI=1S/C18H24Cl2N4O2/c1-12(22-17(25)14-3-2-4-15(19)16(14)20)18(26)24-8-5-13(11-24)23-9-6-21-7-10-23/h2-4,12-13,21H,5-11H2,1H3,(H,22,25). The summed E-state index contributed by atoms with van der Waals surface area (Å²) in [7, 11) is 0. The minimum absolute atomic E-state index is 0.0610. The highest BCUT2D eigenvalue weighted by Crippen LogP contribution is 2.25. The number of benzene rings is 1. The second-order valence-corrected chi connectivity index (χ2v) is 7.59. The van der Waals surface area contributed by atoms with Gasteiger partial charge >= 0.3 is 0 Å². The first kappa shape index (κ1) is 19.4. The van der Waals surface area contributed by atoms with Crippen molar-refractivity contribution in [1.82, 2.24) is 20.4 Å². The van der Waals surface area contributed by atoms with Crippen molar-refractivity contribution in [2.45, 2.75) is 25.4 Å². The maximum Gasteiger partial charge on any atom is 0.253 e. The van der Waals surface area contributed by atoms with Crippen LogP contribution in [0.2, 0.25) is 10.0 Å². The van der Waals surface area contributed by atoms with Crippen LogP contribution in [-0.2, 0) is 4.79 Å². The fourth-order valence-corrected chi connectivity index (χ4v) is 3.96. The summed E-state index contributed by atoms with van der Waals surface area (Å²) >= 11 is 12.0. The van der Waals surface area contributed by atoms with Crippen LogP contribution in [-0.4, -0.2) is 73.0 Å². The van der Waals surface area contributed by atoms with Crippen LogP contribution in [0.4, 0.5) is 0 Å². The third-order valence-electron chi connectivity index (χ3n) is 5.06. The first-order chi connectivity index (χ1) is 12.5. The van der Waals surface area contributed by atoms with Crippen molar-refractivity contribution in [3.05, 3.63) is 33.8 Å². The van der Waals surface area contributed by atoms with E-state index in [0.717, 1.165) is 45.7 Å². The molecule has 2 atom stereocenters. The predicted octanol–water partition coefficient (Wildman–Crippen LogP) is 1.62. The number of hydrogen-bond acceptors (Lipinski definition) is 4. The molecular formula is C18H24Cl2N4O2. The molecular weight excluding hydrogens is 375 g/mol. The van der Waals surface area contributed by atoms with Gasteiger partial charge in [0.2, 0.25) is 5.91 Å². The normalized spacial score (nSPS) is 22.3. The molecule has 2 aliphatic heterocycles. The van der Waals surface area contributed by atoms with Crippen LogP contribution in [0.5, 0.6) is 0 Å². The van der Waals surface area contributed by atoms with E-state index in [1.165, 1.54) is 0 Å². The van der Waals surface area contributed by atoms with Gasteiger partial charge in [0, 0.05) is 45.3 Å². The second-order valence-electron chi connectivity index (χ2n) is 6.81. The molecule has 0 spiro atoms. The summed E-state index contributed by atoms with van der Waals surface area (Å²) in [4.78, 5) is 29.4. The van der Waals surface area contributed by atoms with Crippen molar-refractivity contribution in [1.29, 1.82) is 0 Å². The van der Waals surface area contributed by atoms with Gasteiger partial charge in [-0.05, 0) is 25.5 Å². The number of hydrogen-bond donors (Lipinski definition) is 2. The topological polar surface area (TPSA) is 64.7 Å². The van der Waals surface area contributed by atoms with Gasteiger partial charge in [-0.3, -0.25) is 14.5 Å². The number of piperazine rings is 1. The highest BCUT2D eigenvalue weighted by atomic mass is 35.5. The first-order valence-electron chi connectivity index (χ1n) is 8.96. The summed E-state index contributed by atoms with van der Waals surface area (Å²) in [5, 5.41) is 6.60. The molecule has 2 N–H and O–H groups in total. The molecule has 26 heavy (non-hydrogen) atoms. The fourth-order valence-electron chi connectivity index (χ4n) is 3.58. The van der Waals surface area contributed by atoms with E-state index in [1.54, 1.807) is 25.1 Å². The largest absolute Gasteiger partial charge is 0.340 e. The third kappa shape index (κ3) is 4.31. The summed E-state index contributed by atoms with van der Waals surface area (Å²) < 4.78 is 0. The Labute approximate surface area is 163 Å². The summed E-state index contributed by atoms with van der Waals surface area (Å²) in [6, 6.07) is 4.67. The maximum atomic E-state index is 12.7. The van der Waals surface area contributed by atoms with E-state index in [9.17, 15) is 9.59 Å². The van der Waals surface area contributed by atoms with E-state index < -0.39 is 11.9 Å². The molecule has 0 aliphatic carbocycles. The van der Waals surface area contributed by atoms with E-state index in [0.29, 0.717) is 11.1 Å². The van der Waals surface area contributed by atoms with Crippen molar-refractivity contribution < 1.29 is 9.59 Å². The van der Waals surface area contributed by atoms with Crippen LogP contribution in [0.3, 0.4) is 0 Å². The van der Waals surface area contributed by atoms with Gasteiger partial charge in [-0.15, -0.1) is 0 Å². The molecule has 0 saturated carbocycles. The monoisotopic (exact) mass is 398 g/mol. The average molecular weight is 399 g/mol. The highest BCUT2D eigenvalue weighted by molar-refractivity contribution is 6.43. The van der Waals surface area contributed by atoms with Crippen molar-refractivity contribution in [3.8, 4) is 0 Å². The minimum atomic E-state index is -0.612. The number of carbonyl (C=O) groups excluding carboxylic acids is 2. The number of nitrogens with one attached hydrogen (secondary N) is 2. The molecule has 0 radical (unpaired) electrons. The van der Waals surface area contributed by atoms with Gasteiger partial charge in [0.05, 0.1) is 15.6 Å². The molecule has 3 rings (SSSR count). The van der Waals surface area contributed by atoms with Gasteiger partial charge < -0.3 is 15.5 Å². The zero-order valence-electron chi connectivity index (χ0n) is 14.8. The summed E-state index contributed by atoms with van der Waals surface area (Å²) in [5.41, 5.74) is 0.277. The molecule has 2 amide bonds. The highest BCUT2D eigenvalue weighted by Gasteiger charge is 2.33. The lowest BCUT2D eigenvalue weighted by Crippen LogP contribution is -2.50. The maximum absolute atomic E-state index is 12.7. The third-order valence-corrected chi connectivity index (χ3v) is 5.88. The SMILES string of the molecule is CC(NC(=O)c1cccc(Cl)c1Cl)C(=O)N1CCC(N2CCNCC2)C1. The molecule has 0 aromatic heterocycles. The molecule has 0 bridgehead atoms. The van der Waals surface area contributed by atoms with Crippen molar-refractivity contribution in [2.24, 2.45) is 0 Å². The van der Waals surface area contributed by atoms with Crippen LogP contribution in [0, 0.1) is 0 Å². The second kappa shape index (κ2) is 8.57. The lowest BCUT2D eigenvalue weighted by atomic mass is 10.2. The zero-order chi connectivity index (χ0) is 18.7. The summed E-state index contributed by atoms with van der Waals surface area (Å²) in [6.45, 7) is 7.19. The molecule has 2 unspecified atom stereocenters. The summed E-state index contributed by atoms with van der Waals surface area (Å²) in [6.07, 6.45) is 0.979. The number of likely N-dealkylation sites (tertiary alicyclic amines) is 1. The van der Waals surface area contributed by atoms with Gasteiger partial charge in [0.1, 0.15) is 6.04 Å². The quantitative estimate of drug-likeness (QED) is 0.808. The van der Waals surface area contributed by atoms with E-state index in [-0.39, 0.29) is 16.5 Å². The first-order valence-corrected chi connectivity index (χ1v) is 9.71. The van der Waals surface area contributed by atoms with Gasteiger partial charge in [0.15, 0.2) is 0 Å². The van der Waals surface area contributed by atoms with E-state index in [1.807, 2.05) is 4.90 Å². The van der Waals surface area contributed by atoms with Crippen LogP contribution >= 0.6 is 23.2 Å². The molecule has 8 heteroatoms. The zero-order valence-corrected chi connectivity index (χ0v) is 16.3. The Morgan fingerprint density at radius 3 is 2.69 bits per heavy atom. The van der Waals surface area contributed by atoms with Crippen LogP contribution < -0.4 is 10.6 Å². The van der Waals surface area contributed by atoms with Crippen LogP contribution in [0.15, 0.2) is 18.2 Å². The average Bonchev–Trinajstić information content (AvgIpc) is 3.14. The predicted molar refractivity (Wildman–Crippen MR) is 103 cm³/mol. The molecule has 2 heterocycles. The number of carbonyl (C=O) groups is 2. The van der Waals surface area contributed by atoms with Gasteiger partial charge in [-0.25, -0.2) is 0 Å². The lowest BCUT2D eigenvalue weighted by Gasteiger charge is -2.32. The number of nitrogens with zero attached hydrogens (tertiary/aromatic N) is 2. The smallest absolute Gasteiger partial charge is 0.253 e.